The van der Waals surface area contributed by atoms with Gasteiger partial charge in [0.25, 0.3) is 0 Å². The van der Waals surface area contributed by atoms with Crippen LogP contribution >= 0.6 is 0 Å². The molecule has 5 rings (SSSR count). The molecular formula is C30H41N3O3. The normalized spacial score (nSPS) is 18.2. The summed E-state index contributed by atoms with van der Waals surface area (Å²) in [5.74, 6) is 1.49. The van der Waals surface area contributed by atoms with Gasteiger partial charge in [0.2, 0.25) is 0 Å². The van der Waals surface area contributed by atoms with Gasteiger partial charge in [-0.05, 0) is 80.6 Å². The van der Waals surface area contributed by atoms with Crippen LogP contribution in [-0.2, 0) is 11.2 Å². The van der Waals surface area contributed by atoms with Gasteiger partial charge in [-0.2, -0.15) is 0 Å². The first-order valence-electron chi connectivity index (χ1n) is 13.6. The Bertz CT molecular complexity index is 1160. The number of aromatic nitrogens is 1. The Morgan fingerprint density at radius 3 is 2.17 bits per heavy atom. The van der Waals surface area contributed by atoms with E-state index in [9.17, 15) is 0 Å². The van der Waals surface area contributed by atoms with Gasteiger partial charge in [0.1, 0.15) is 0 Å². The maximum absolute atomic E-state index is 6.53. The van der Waals surface area contributed by atoms with Crippen molar-refractivity contribution >= 4 is 16.6 Å². The molecule has 0 radical (unpaired) electrons. The second kappa shape index (κ2) is 11.1. The van der Waals surface area contributed by atoms with E-state index in [-0.39, 0.29) is 0 Å². The average Bonchev–Trinajstić information content (AvgIpc) is 3.31. The number of rotatable bonds is 8. The van der Waals surface area contributed by atoms with Crippen molar-refractivity contribution in [2.24, 2.45) is 0 Å². The Morgan fingerprint density at radius 1 is 0.833 bits per heavy atom. The highest BCUT2D eigenvalue weighted by molar-refractivity contribution is 5.93. The van der Waals surface area contributed by atoms with Crippen LogP contribution in [-0.4, -0.2) is 69.0 Å². The number of piperidine rings is 2. The lowest BCUT2D eigenvalue weighted by Gasteiger charge is -2.37. The molecule has 1 N–H and O–H groups in total. The molecule has 194 valence electrons. The van der Waals surface area contributed by atoms with Crippen LogP contribution in [0.5, 0.6) is 11.5 Å². The first-order valence-corrected chi connectivity index (χ1v) is 13.6. The van der Waals surface area contributed by atoms with Gasteiger partial charge in [-0.25, -0.2) is 0 Å². The van der Waals surface area contributed by atoms with Crippen LogP contribution in [0.4, 0.5) is 5.69 Å². The summed E-state index contributed by atoms with van der Waals surface area (Å²) in [5, 5.41) is 1.31. The number of ether oxygens (including phenoxy) is 3. The van der Waals surface area contributed by atoms with Gasteiger partial charge in [0.15, 0.2) is 11.5 Å². The smallest absolute Gasteiger partial charge is 0.161 e. The number of anilines is 1. The minimum Gasteiger partial charge on any atom is -0.493 e. The largest absolute Gasteiger partial charge is 0.493 e. The van der Waals surface area contributed by atoms with Crippen molar-refractivity contribution in [2.75, 3.05) is 51.8 Å². The number of H-pyrrole nitrogens is 1. The molecule has 0 aliphatic carbocycles. The highest BCUT2D eigenvalue weighted by atomic mass is 16.5. The maximum Gasteiger partial charge on any atom is 0.161 e. The molecule has 0 spiro atoms. The highest BCUT2D eigenvalue weighted by Gasteiger charge is 2.26. The van der Waals surface area contributed by atoms with Crippen molar-refractivity contribution in [3.8, 4) is 22.8 Å². The average molecular weight is 492 g/mol. The van der Waals surface area contributed by atoms with Gasteiger partial charge >= 0.3 is 0 Å². The monoisotopic (exact) mass is 491 g/mol. The number of aromatic amines is 1. The molecule has 0 amide bonds. The summed E-state index contributed by atoms with van der Waals surface area (Å²) >= 11 is 0. The molecule has 2 saturated heterocycles. The summed E-state index contributed by atoms with van der Waals surface area (Å²) < 4.78 is 17.5. The van der Waals surface area contributed by atoms with Crippen LogP contribution in [0.3, 0.4) is 0 Å². The zero-order valence-electron chi connectivity index (χ0n) is 22.3. The van der Waals surface area contributed by atoms with Gasteiger partial charge in [-0.1, -0.05) is 13.8 Å². The van der Waals surface area contributed by atoms with E-state index in [0.717, 1.165) is 61.7 Å². The van der Waals surface area contributed by atoms with Gasteiger partial charge in [-0.3, -0.25) is 0 Å². The zero-order chi connectivity index (χ0) is 25.1. The Balaban J connectivity index is 1.29. The van der Waals surface area contributed by atoms with Crippen LogP contribution in [0.15, 0.2) is 36.4 Å². The third-order valence-electron chi connectivity index (χ3n) is 8.09. The van der Waals surface area contributed by atoms with Gasteiger partial charge in [-0.15, -0.1) is 0 Å². The van der Waals surface area contributed by atoms with Crippen LogP contribution in [0.1, 0.15) is 45.1 Å². The van der Waals surface area contributed by atoms with Crippen molar-refractivity contribution < 1.29 is 14.2 Å². The molecule has 6 heteroatoms. The Hall–Kier alpha value is -2.70. The fourth-order valence-corrected chi connectivity index (χ4v) is 5.92. The summed E-state index contributed by atoms with van der Waals surface area (Å²) in [4.78, 5) is 8.73. The van der Waals surface area contributed by atoms with E-state index in [1.807, 2.05) is 6.07 Å². The third kappa shape index (κ3) is 5.07. The number of benzene rings is 2. The number of nitrogens with zero attached hydrogens (tertiary/aromatic N) is 2. The van der Waals surface area contributed by atoms with Gasteiger partial charge in [0.05, 0.1) is 26.4 Å². The van der Waals surface area contributed by atoms with Gasteiger partial charge in [0, 0.05) is 54.0 Å². The summed E-state index contributed by atoms with van der Waals surface area (Å²) in [5.41, 5.74) is 6.11. The van der Waals surface area contributed by atoms with E-state index in [0.29, 0.717) is 12.2 Å². The minimum atomic E-state index is 0.401. The minimum absolute atomic E-state index is 0.401. The molecule has 36 heavy (non-hydrogen) atoms. The molecule has 0 atom stereocenters. The summed E-state index contributed by atoms with van der Waals surface area (Å²) in [6.45, 7) is 10.1. The summed E-state index contributed by atoms with van der Waals surface area (Å²) in [7, 11) is 3.35. The van der Waals surface area contributed by atoms with E-state index < -0.39 is 0 Å². The molecule has 0 bridgehead atoms. The highest BCUT2D eigenvalue weighted by Crippen LogP contribution is 2.37. The Labute approximate surface area is 215 Å². The van der Waals surface area contributed by atoms with Crippen LogP contribution in [0.25, 0.3) is 22.2 Å². The quantitative estimate of drug-likeness (QED) is 0.426. The first-order chi connectivity index (χ1) is 17.6. The van der Waals surface area contributed by atoms with E-state index in [1.54, 1.807) is 14.2 Å². The number of hydrogen-bond donors (Lipinski definition) is 1. The van der Waals surface area contributed by atoms with E-state index in [1.165, 1.54) is 48.1 Å². The molecular weight excluding hydrogens is 450 g/mol. The SMILES string of the molecule is CCc1c(-c2ccc(OC)c(OC)c2)[nH]c2ccc(N3CCC(OC4CCN(CC)CC4)CC3)cc12. The number of methoxy groups -OCH3 is 2. The first kappa shape index (κ1) is 25.0. The number of likely N-dealkylation sites (tertiary alicyclic amines) is 1. The predicted molar refractivity (Wildman–Crippen MR) is 148 cm³/mol. The summed E-state index contributed by atoms with van der Waals surface area (Å²) in [6, 6.07) is 13.0. The standard InChI is InChI=1S/C30H41N3O3/c1-5-25-26-20-22(33-17-13-24(14-18-33)36-23-11-15-32(6-2)16-12-23)8-9-27(26)31-30(25)21-7-10-28(34-3)29(19-21)35-4/h7-10,19-20,23-24,31H,5-6,11-18H2,1-4H3. The van der Waals surface area contributed by atoms with Crippen molar-refractivity contribution in [3.05, 3.63) is 42.0 Å². The molecule has 0 saturated carbocycles. The summed E-state index contributed by atoms with van der Waals surface area (Å²) in [6.07, 6.45) is 6.38. The molecule has 0 unspecified atom stereocenters. The fraction of sp³-hybridized carbons (Fsp3) is 0.533. The lowest BCUT2D eigenvalue weighted by molar-refractivity contribution is -0.0503. The van der Waals surface area contributed by atoms with Crippen molar-refractivity contribution in [2.45, 2.75) is 58.2 Å². The van der Waals surface area contributed by atoms with Gasteiger partial charge < -0.3 is 29.0 Å². The van der Waals surface area contributed by atoms with Crippen molar-refractivity contribution in [3.63, 3.8) is 0 Å². The fourth-order valence-electron chi connectivity index (χ4n) is 5.92. The molecule has 2 aliphatic heterocycles. The molecule has 3 heterocycles. The molecule has 6 nitrogen and oxygen atoms in total. The number of nitrogens with one attached hydrogen (secondary N) is 1. The Kier molecular flexibility index (Phi) is 7.73. The van der Waals surface area contributed by atoms with Crippen LogP contribution < -0.4 is 14.4 Å². The van der Waals surface area contributed by atoms with Crippen molar-refractivity contribution in [1.29, 1.82) is 0 Å². The molecule has 2 aliphatic rings. The zero-order valence-corrected chi connectivity index (χ0v) is 22.3. The predicted octanol–water partition coefficient (Wildman–Crippen LogP) is 5.88. The van der Waals surface area contributed by atoms with E-state index >= 15 is 0 Å². The third-order valence-corrected chi connectivity index (χ3v) is 8.09. The molecule has 2 aromatic carbocycles. The lowest BCUT2D eigenvalue weighted by atomic mass is 10.0. The van der Waals surface area contributed by atoms with E-state index in [4.69, 9.17) is 14.2 Å². The number of aryl methyl sites for hydroxylation is 1. The molecule has 2 fully saturated rings. The van der Waals surface area contributed by atoms with Crippen LogP contribution in [0, 0.1) is 0 Å². The second-order valence-electron chi connectivity index (χ2n) is 10.1. The number of hydrogen-bond acceptors (Lipinski definition) is 5. The van der Waals surface area contributed by atoms with Crippen molar-refractivity contribution in [1.82, 2.24) is 9.88 Å². The maximum atomic E-state index is 6.53. The molecule has 1 aromatic heterocycles. The van der Waals surface area contributed by atoms with E-state index in [2.05, 4.69) is 59.0 Å². The number of fused-ring (bicyclic) bond motifs is 1. The topological polar surface area (TPSA) is 50.0 Å². The second-order valence-corrected chi connectivity index (χ2v) is 10.1. The lowest BCUT2D eigenvalue weighted by Crippen LogP contribution is -2.42. The molecule has 3 aromatic rings. The Morgan fingerprint density at radius 2 is 1.53 bits per heavy atom. The van der Waals surface area contributed by atoms with Crippen LogP contribution in [0.2, 0.25) is 0 Å².